The molecule has 0 amide bonds. The summed E-state index contributed by atoms with van der Waals surface area (Å²) in [5.41, 5.74) is 1.83. The Morgan fingerprint density at radius 2 is 2.25 bits per heavy atom. The highest BCUT2D eigenvalue weighted by atomic mass is 79.9. The zero-order valence-corrected chi connectivity index (χ0v) is 11.0. The van der Waals surface area contributed by atoms with Gasteiger partial charge in [0.15, 0.2) is 0 Å². The van der Waals surface area contributed by atoms with Gasteiger partial charge in [-0.3, -0.25) is 4.68 Å². The summed E-state index contributed by atoms with van der Waals surface area (Å²) in [6, 6.07) is 6.40. The van der Waals surface area contributed by atoms with Crippen LogP contribution in [-0.2, 0) is 6.61 Å². The Labute approximate surface area is 103 Å². The van der Waals surface area contributed by atoms with Crippen LogP contribution in [0.5, 0.6) is 0 Å². The zero-order chi connectivity index (χ0) is 11.7. The molecule has 1 heterocycles. The van der Waals surface area contributed by atoms with Crippen LogP contribution in [0.2, 0.25) is 0 Å². The minimum absolute atomic E-state index is 0.0175. The van der Waals surface area contributed by atoms with Crippen LogP contribution in [0.15, 0.2) is 22.7 Å². The van der Waals surface area contributed by atoms with Crippen molar-refractivity contribution >= 4 is 26.8 Å². The standard InChI is InChI=1S/C12H15BrN2O/c1-3-8(2)15-12-5-4-9(13)6-10(12)11(7-16)14-15/h4-6,8,16H,3,7H2,1-2H3. The highest BCUT2D eigenvalue weighted by Crippen LogP contribution is 2.26. The first kappa shape index (κ1) is 11.6. The molecule has 1 atom stereocenters. The predicted molar refractivity (Wildman–Crippen MR) is 68.4 cm³/mol. The Morgan fingerprint density at radius 3 is 2.88 bits per heavy atom. The van der Waals surface area contributed by atoms with Gasteiger partial charge in [0.25, 0.3) is 0 Å². The van der Waals surface area contributed by atoms with Crippen LogP contribution >= 0.6 is 15.9 Å². The number of halogens is 1. The van der Waals surface area contributed by atoms with E-state index in [4.69, 9.17) is 0 Å². The van der Waals surface area contributed by atoms with Crippen molar-refractivity contribution in [3.63, 3.8) is 0 Å². The monoisotopic (exact) mass is 282 g/mol. The van der Waals surface area contributed by atoms with Gasteiger partial charge < -0.3 is 5.11 Å². The molecule has 4 heteroatoms. The minimum atomic E-state index is -0.0175. The molecule has 0 bridgehead atoms. The lowest BCUT2D eigenvalue weighted by Gasteiger charge is -2.10. The lowest BCUT2D eigenvalue weighted by Crippen LogP contribution is -2.05. The molecule has 1 aromatic carbocycles. The van der Waals surface area contributed by atoms with Crippen molar-refractivity contribution in [1.82, 2.24) is 9.78 Å². The molecular weight excluding hydrogens is 268 g/mol. The van der Waals surface area contributed by atoms with E-state index >= 15 is 0 Å². The molecule has 0 fully saturated rings. The minimum Gasteiger partial charge on any atom is -0.390 e. The highest BCUT2D eigenvalue weighted by Gasteiger charge is 2.13. The maximum Gasteiger partial charge on any atom is 0.0958 e. The van der Waals surface area contributed by atoms with E-state index in [1.807, 2.05) is 22.9 Å². The molecule has 16 heavy (non-hydrogen) atoms. The van der Waals surface area contributed by atoms with E-state index in [1.165, 1.54) is 0 Å². The van der Waals surface area contributed by atoms with E-state index in [1.54, 1.807) is 0 Å². The Balaban J connectivity index is 2.67. The largest absolute Gasteiger partial charge is 0.390 e. The molecular formula is C12H15BrN2O. The van der Waals surface area contributed by atoms with Gasteiger partial charge in [-0.2, -0.15) is 5.10 Å². The van der Waals surface area contributed by atoms with Gasteiger partial charge in [0.1, 0.15) is 0 Å². The van der Waals surface area contributed by atoms with Gasteiger partial charge in [-0.25, -0.2) is 0 Å². The van der Waals surface area contributed by atoms with Crippen LogP contribution in [0.25, 0.3) is 10.9 Å². The van der Waals surface area contributed by atoms with Crippen molar-refractivity contribution in [3.8, 4) is 0 Å². The average molecular weight is 283 g/mol. The van der Waals surface area contributed by atoms with Gasteiger partial charge in [-0.15, -0.1) is 0 Å². The smallest absolute Gasteiger partial charge is 0.0958 e. The number of hydrogen-bond donors (Lipinski definition) is 1. The Bertz CT molecular complexity index is 507. The number of nitrogens with zero attached hydrogens (tertiary/aromatic N) is 2. The topological polar surface area (TPSA) is 38.0 Å². The molecule has 0 aliphatic heterocycles. The summed E-state index contributed by atoms with van der Waals surface area (Å²) in [4.78, 5) is 0. The first-order valence-corrected chi connectivity index (χ1v) is 6.24. The number of benzene rings is 1. The second-order valence-electron chi connectivity index (χ2n) is 3.97. The molecule has 0 aliphatic carbocycles. The second kappa shape index (κ2) is 4.55. The van der Waals surface area contributed by atoms with Crippen molar-refractivity contribution in [2.24, 2.45) is 0 Å². The van der Waals surface area contributed by atoms with E-state index in [0.717, 1.165) is 27.5 Å². The van der Waals surface area contributed by atoms with E-state index in [0.29, 0.717) is 6.04 Å². The summed E-state index contributed by atoms with van der Waals surface area (Å²) >= 11 is 3.44. The molecule has 3 nitrogen and oxygen atoms in total. The van der Waals surface area contributed by atoms with Crippen molar-refractivity contribution in [2.75, 3.05) is 0 Å². The number of aromatic nitrogens is 2. The number of aliphatic hydroxyl groups is 1. The molecule has 86 valence electrons. The second-order valence-corrected chi connectivity index (χ2v) is 4.88. The highest BCUT2D eigenvalue weighted by molar-refractivity contribution is 9.10. The van der Waals surface area contributed by atoms with Gasteiger partial charge in [0, 0.05) is 15.9 Å². The molecule has 2 rings (SSSR count). The van der Waals surface area contributed by atoms with E-state index in [2.05, 4.69) is 34.9 Å². The van der Waals surface area contributed by atoms with Gasteiger partial charge in [-0.05, 0) is 31.5 Å². The predicted octanol–water partition coefficient (Wildman–Crippen LogP) is 3.26. The van der Waals surface area contributed by atoms with E-state index < -0.39 is 0 Å². The van der Waals surface area contributed by atoms with Gasteiger partial charge in [-0.1, -0.05) is 22.9 Å². The summed E-state index contributed by atoms with van der Waals surface area (Å²) in [6.07, 6.45) is 1.03. The number of rotatable bonds is 3. The lowest BCUT2D eigenvalue weighted by atomic mass is 10.2. The summed E-state index contributed by atoms with van der Waals surface area (Å²) in [5, 5.41) is 14.8. The van der Waals surface area contributed by atoms with Crippen molar-refractivity contribution in [2.45, 2.75) is 32.9 Å². The van der Waals surface area contributed by atoms with Gasteiger partial charge >= 0.3 is 0 Å². The SMILES string of the molecule is CCC(C)n1nc(CO)c2cc(Br)ccc21. The van der Waals surface area contributed by atoms with Gasteiger partial charge in [0.05, 0.1) is 17.8 Å². The third-order valence-corrected chi connectivity index (χ3v) is 3.40. The summed E-state index contributed by atoms with van der Waals surface area (Å²) < 4.78 is 3.01. The molecule has 0 spiro atoms. The maximum absolute atomic E-state index is 9.30. The van der Waals surface area contributed by atoms with Crippen LogP contribution in [0.1, 0.15) is 32.0 Å². The van der Waals surface area contributed by atoms with E-state index in [9.17, 15) is 5.11 Å². The summed E-state index contributed by atoms with van der Waals surface area (Å²) in [7, 11) is 0. The first-order chi connectivity index (χ1) is 7.67. The first-order valence-electron chi connectivity index (χ1n) is 5.44. The fourth-order valence-corrected chi connectivity index (χ4v) is 2.16. The molecule has 1 N–H and O–H groups in total. The normalized spacial score (nSPS) is 13.2. The van der Waals surface area contributed by atoms with Crippen molar-refractivity contribution in [1.29, 1.82) is 0 Å². The molecule has 0 radical (unpaired) electrons. The maximum atomic E-state index is 9.30. The van der Waals surface area contributed by atoms with Crippen molar-refractivity contribution in [3.05, 3.63) is 28.4 Å². The lowest BCUT2D eigenvalue weighted by molar-refractivity contribution is 0.275. The summed E-state index contributed by atoms with van der Waals surface area (Å²) in [5.74, 6) is 0. The average Bonchev–Trinajstić information content (AvgIpc) is 2.66. The summed E-state index contributed by atoms with van der Waals surface area (Å²) in [6.45, 7) is 4.25. The number of fused-ring (bicyclic) bond motifs is 1. The third-order valence-electron chi connectivity index (χ3n) is 2.90. The van der Waals surface area contributed by atoms with Gasteiger partial charge in [0.2, 0.25) is 0 Å². The number of aliphatic hydroxyl groups excluding tert-OH is 1. The van der Waals surface area contributed by atoms with E-state index in [-0.39, 0.29) is 6.61 Å². The van der Waals surface area contributed by atoms with Crippen LogP contribution in [0, 0.1) is 0 Å². The number of hydrogen-bond acceptors (Lipinski definition) is 2. The molecule has 0 saturated carbocycles. The van der Waals surface area contributed by atoms with Crippen LogP contribution in [0.4, 0.5) is 0 Å². The Hall–Kier alpha value is -0.870. The molecule has 0 aliphatic rings. The third kappa shape index (κ3) is 1.87. The fourth-order valence-electron chi connectivity index (χ4n) is 1.80. The Kier molecular flexibility index (Phi) is 3.30. The van der Waals surface area contributed by atoms with Crippen molar-refractivity contribution < 1.29 is 5.11 Å². The molecule has 0 saturated heterocycles. The van der Waals surface area contributed by atoms with Crippen LogP contribution in [-0.4, -0.2) is 14.9 Å². The van der Waals surface area contributed by atoms with Crippen LogP contribution in [0.3, 0.4) is 0 Å². The zero-order valence-electron chi connectivity index (χ0n) is 9.44. The Morgan fingerprint density at radius 1 is 1.50 bits per heavy atom. The molecule has 1 unspecified atom stereocenters. The van der Waals surface area contributed by atoms with Crippen LogP contribution < -0.4 is 0 Å². The molecule has 1 aromatic heterocycles. The fraction of sp³-hybridized carbons (Fsp3) is 0.417. The molecule has 2 aromatic rings. The quantitative estimate of drug-likeness (QED) is 0.938.